The minimum atomic E-state index is 0.192. The van der Waals surface area contributed by atoms with E-state index in [1.165, 1.54) is 0 Å². The number of rotatable bonds is 5. The largest absolute Gasteiger partial charge is 0.490 e. The van der Waals surface area contributed by atoms with E-state index < -0.39 is 0 Å². The van der Waals surface area contributed by atoms with Gasteiger partial charge in [-0.2, -0.15) is 0 Å². The summed E-state index contributed by atoms with van der Waals surface area (Å²) in [5.41, 5.74) is 1.07. The number of hydrogen-bond donors (Lipinski definition) is 1. The second-order valence-electron chi connectivity index (χ2n) is 5.30. The first-order valence-corrected chi connectivity index (χ1v) is 7.11. The maximum Gasteiger partial charge on any atom is 0.231 e. The van der Waals surface area contributed by atoms with Crippen LogP contribution < -0.4 is 19.5 Å². The highest BCUT2D eigenvalue weighted by molar-refractivity contribution is 5.51. The van der Waals surface area contributed by atoms with Crippen LogP contribution in [0, 0.1) is 0 Å². The zero-order chi connectivity index (χ0) is 13.9. The highest BCUT2D eigenvalue weighted by Crippen LogP contribution is 2.38. The number of nitrogens with one attached hydrogen (secondary N) is 1. The van der Waals surface area contributed by atoms with E-state index in [0.29, 0.717) is 12.7 Å². The van der Waals surface area contributed by atoms with Gasteiger partial charge in [-0.1, -0.05) is 0 Å². The summed E-state index contributed by atoms with van der Waals surface area (Å²) in [4.78, 5) is 0. The molecule has 1 saturated heterocycles. The van der Waals surface area contributed by atoms with E-state index >= 15 is 0 Å². The van der Waals surface area contributed by atoms with Gasteiger partial charge in [-0.3, -0.25) is 0 Å². The Morgan fingerprint density at radius 1 is 1.25 bits per heavy atom. The van der Waals surface area contributed by atoms with Crippen LogP contribution in [-0.4, -0.2) is 32.7 Å². The predicted molar refractivity (Wildman–Crippen MR) is 74.4 cm³/mol. The van der Waals surface area contributed by atoms with Gasteiger partial charge in [-0.15, -0.1) is 0 Å². The summed E-state index contributed by atoms with van der Waals surface area (Å²) < 4.78 is 22.5. The lowest BCUT2D eigenvalue weighted by Crippen LogP contribution is -2.19. The molecule has 0 saturated carbocycles. The van der Waals surface area contributed by atoms with Crippen molar-refractivity contribution in [3.8, 4) is 17.2 Å². The Hall–Kier alpha value is -1.46. The molecule has 110 valence electrons. The number of ether oxygens (including phenoxy) is 4. The van der Waals surface area contributed by atoms with Crippen molar-refractivity contribution in [2.24, 2.45) is 0 Å². The van der Waals surface area contributed by atoms with Crippen LogP contribution >= 0.6 is 0 Å². The number of hydrogen-bond acceptors (Lipinski definition) is 5. The minimum Gasteiger partial charge on any atom is -0.490 e. The first-order chi connectivity index (χ1) is 9.76. The highest BCUT2D eigenvalue weighted by Gasteiger charge is 2.23. The van der Waals surface area contributed by atoms with Gasteiger partial charge in [-0.25, -0.2) is 0 Å². The summed E-state index contributed by atoms with van der Waals surface area (Å²) in [6.07, 6.45) is 2.71. The van der Waals surface area contributed by atoms with Crippen molar-refractivity contribution < 1.29 is 18.9 Å². The third-order valence-electron chi connectivity index (χ3n) is 3.67. The summed E-state index contributed by atoms with van der Waals surface area (Å²) >= 11 is 0. The third kappa shape index (κ3) is 2.83. The molecule has 0 spiro atoms. The van der Waals surface area contributed by atoms with Crippen molar-refractivity contribution in [2.45, 2.75) is 38.5 Å². The van der Waals surface area contributed by atoms with E-state index in [2.05, 4.69) is 12.2 Å². The Bertz CT molecular complexity index is 477. The van der Waals surface area contributed by atoms with E-state index in [1.807, 2.05) is 19.2 Å². The van der Waals surface area contributed by atoms with Gasteiger partial charge < -0.3 is 24.3 Å². The highest BCUT2D eigenvalue weighted by atomic mass is 16.7. The maximum atomic E-state index is 5.95. The smallest absolute Gasteiger partial charge is 0.231 e. The molecule has 1 aromatic rings. The molecule has 5 nitrogen and oxygen atoms in total. The molecule has 5 heteroatoms. The first kappa shape index (κ1) is 13.5. The van der Waals surface area contributed by atoms with Crippen molar-refractivity contribution in [1.82, 2.24) is 5.32 Å². The quantitative estimate of drug-likeness (QED) is 0.894. The molecule has 1 aromatic carbocycles. The fourth-order valence-electron chi connectivity index (χ4n) is 2.62. The van der Waals surface area contributed by atoms with Crippen molar-refractivity contribution in [2.75, 3.05) is 20.4 Å². The fourth-order valence-corrected chi connectivity index (χ4v) is 2.62. The first-order valence-electron chi connectivity index (χ1n) is 7.11. The summed E-state index contributed by atoms with van der Waals surface area (Å²) in [7, 11) is 1.91. The number of benzene rings is 1. The Morgan fingerprint density at radius 3 is 2.75 bits per heavy atom. The normalized spacial score (nSPS) is 24.1. The van der Waals surface area contributed by atoms with Gasteiger partial charge >= 0.3 is 0 Å². The van der Waals surface area contributed by atoms with Crippen LogP contribution in [0.3, 0.4) is 0 Å². The Labute approximate surface area is 119 Å². The second kappa shape index (κ2) is 5.89. The summed E-state index contributed by atoms with van der Waals surface area (Å²) in [6.45, 7) is 3.70. The SMILES string of the molecule is CNCc1cc2c(cc1OCC1CCC(C)O1)OCO2. The summed E-state index contributed by atoms with van der Waals surface area (Å²) in [6, 6.07) is 3.89. The molecule has 3 rings (SSSR count). The van der Waals surface area contributed by atoms with Gasteiger partial charge in [0.15, 0.2) is 11.5 Å². The van der Waals surface area contributed by atoms with E-state index in [9.17, 15) is 0 Å². The van der Waals surface area contributed by atoms with Crippen LogP contribution in [-0.2, 0) is 11.3 Å². The average Bonchev–Trinajstić information content (AvgIpc) is 3.04. The molecule has 1 N–H and O–H groups in total. The fraction of sp³-hybridized carbons (Fsp3) is 0.600. The zero-order valence-corrected chi connectivity index (χ0v) is 12.0. The zero-order valence-electron chi connectivity index (χ0n) is 12.0. The summed E-state index contributed by atoms with van der Waals surface area (Å²) in [5.74, 6) is 2.38. The lowest BCUT2D eigenvalue weighted by atomic mass is 10.1. The lowest BCUT2D eigenvalue weighted by Gasteiger charge is -2.16. The molecule has 2 aliphatic rings. The molecule has 2 unspecified atom stereocenters. The van der Waals surface area contributed by atoms with E-state index in [-0.39, 0.29) is 12.9 Å². The van der Waals surface area contributed by atoms with E-state index in [4.69, 9.17) is 18.9 Å². The van der Waals surface area contributed by atoms with Crippen molar-refractivity contribution >= 4 is 0 Å². The van der Waals surface area contributed by atoms with Crippen LogP contribution in [0.15, 0.2) is 12.1 Å². The molecule has 0 aliphatic carbocycles. The molecule has 0 bridgehead atoms. The molecule has 2 aliphatic heterocycles. The lowest BCUT2D eigenvalue weighted by molar-refractivity contribution is 0.0262. The molecule has 0 amide bonds. The third-order valence-corrected chi connectivity index (χ3v) is 3.67. The average molecular weight is 279 g/mol. The Balaban J connectivity index is 1.70. The molecular weight excluding hydrogens is 258 g/mol. The van der Waals surface area contributed by atoms with E-state index in [0.717, 1.165) is 42.2 Å². The standard InChI is InChI=1S/C15H21NO4/c1-10-3-4-12(20-10)8-17-13-6-15-14(18-9-19-15)5-11(13)7-16-2/h5-6,10,12,16H,3-4,7-9H2,1-2H3. The minimum absolute atomic E-state index is 0.192. The molecule has 0 radical (unpaired) electrons. The van der Waals surface area contributed by atoms with Gasteiger partial charge in [0.05, 0.1) is 12.2 Å². The van der Waals surface area contributed by atoms with Crippen LogP contribution in [0.5, 0.6) is 17.2 Å². The second-order valence-corrected chi connectivity index (χ2v) is 5.30. The van der Waals surface area contributed by atoms with Gasteiger partial charge in [0.1, 0.15) is 12.4 Å². The van der Waals surface area contributed by atoms with Gasteiger partial charge in [-0.05, 0) is 32.9 Å². The van der Waals surface area contributed by atoms with Crippen molar-refractivity contribution in [3.05, 3.63) is 17.7 Å². The Kier molecular flexibility index (Phi) is 3.98. The van der Waals surface area contributed by atoms with Crippen LogP contribution in [0.1, 0.15) is 25.3 Å². The number of fused-ring (bicyclic) bond motifs is 1. The van der Waals surface area contributed by atoms with Crippen LogP contribution in [0.4, 0.5) is 0 Å². The molecule has 2 heterocycles. The van der Waals surface area contributed by atoms with Crippen molar-refractivity contribution in [1.29, 1.82) is 0 Å². The van der Waals surface area contributed by atoms with Crippen molar-refractivity contribution in [3.63, 3.8) is 0 Å². The van der Waals surface area contributed by atoms with Gasteiger partial charge in [0.2, 0.25) is 6.79 Å². The van der Waals surface area contributed by atoms with Crippen LogP contribution in [0.2, 0.25) is 0 Å². The molecule has 20 heavy (non-hydrogen) atoms. The molecule has 0 aromatic heterocycles. The molecule has 1 fully saturated rings. The van der Waals surface area contributed by atoms with Gasteiger partial charge in [0.25, 0.3) is 0 Å². The van der Waals surface area contributed by atoms with Crippen LogP contribution in [0.25, 0.3) is 0 Å². The Morgan fingerprint density at radius 2 is 2.05 bits per heavy atom. The topological polar surface area (TPSA) is 49.0 Å². The van der Waals surface area contributed by atoms with Gasteiger partial charge in [0, 0.05) is 18.2 Å². The maximum absolute atomic E-state index is 5.95. The molecule has 2 atom stereocenters. The monoisotopic (exact) mass is 279 g/mol. The molecular formula is C15H21NO4. The van der Waals surface area contributed by atoms with E-state index in [1.54, 1.807) is 0 Å². The summed E-state index contributed by atoms with van der Waals surface area (Å²) in [5, 5.41) is 3.14. The predicted octanol–water partition coefficient (Wildman–Crippen LogP) is 2.08.